The lowest BCUT2D eigenvalue weighted by molar-refractivity contribution is 0.0925. The van der Waals surface area contributed by atoms with Crippen molar-refractivity contribution in [3.63, 3.8) is 0 Å². The van der Waals surface area contributed by atoms with Crippen molar-refractivity contribution >= 4 is 20.9 Å². The zero-order chi connectivity index (χ0) is 24.3. The number of methoxy groups -OCH3 is 3. The molecule has 34 heavy (non-hydrogen) atoms. The first-order valence-corrected chi connectivity index (χ1v) is 12.3. The molecule has 0 spiro atoms. The second-order valence-corrected chi connectivity index (χ2v) is 9.96. The van der Waals surface area contributed by atoms with Crippen molar-refractivity contribution in [2.75, 3.05) is 34.5 Å². The number of nitrogens with zero attached hydrogens (tertiary/aromatic N) is 1. The van der Waals surface area contributed by atoms with Crippen molar-refractivity contribution in [3.05, 3.63) is 58.4 Å². The van der Waals surface area contributed by atoms with Gasteiger partial charge in [0.1, 0.15) is 5.75 Å². The molecule has 1 atom stereocenters. The predicted molar refractivity (Wildman–Crippen MR) is 127 cm³/mol. The largest absolute Gasteiger partial charge is 0.497 e. The van der Waals surface area contributed by atoms with Crippen molar-refractivity contribution in [1.29, 1.82) is 0 Å². The Kier molecular flexibility index (Phi) is 7.11. The molecule has 0 aliphatic carbocycles. The number of aromatic nitrogens is 1. The Balaban J connectivity index is 1.73. The van der Waals surface area contributed by atoms with Gasteiger partial charge in [0.05, 0.1) is 37.8 Å². The maximum Gasteiger partial charge on any atom is 0.252 e. The summed E-state index contributed by atoms with van der Waals surface area (Å²) in [6.07, 6.45) is 1.41. The van der Waals surface area contributed by atoms with Crippen LogP contribution in [0.5, 0.6) is 17.2 Å². The molecule has 0 unspecified atom stereocenters. The number of pyridine rings is 1. The molecular weight excluding hydrogens is 460 g/mol. The van der Waals surface area contributed by atoms with Gasteiger partial charge in [0.15, 0.2) is 11.5 Å². The molecule has 3 aromatic rings. The van der Waals surface area contributed by atoms with Crippen LogP contribution in [0.4, 0.5) is 0 Å². The lowest BCUT2D eigenvalue weighted by Gasteiger charge is -2.25. The van der Waals surface area contributed by atoms with E-state index in [4.69, 9.17) is 18.9 Å². The molecule has 0 amide bonds. The van der Waals surface area contributed by atoms with E-state index < -0.39 is 10.0 Å². The van der Waals surface area contributed by atoms with Crippen LogP contribution >= 0.6 is 0 Å². The summed E-state index contributed by atoms with van der Waals surface area (Å²) in [5, 5.41) is 0.700. The molecule has 1 aliphatic rings. The summed E-state index contributed by atoms with van der Waals surface area (Å²) in [7, 11) is 0.659. The van der Waals surface area contributed by atoms with Crippen LogP contribution in [-0.2, 0) is 21.3 Å². The van der Waals surface area contributed by atoms with E-state index in [9.17, 15) is 13.2 Å². The Morgan fingerprint density at radius 2 is 1.74 bits per heavy atom. The summed E-state index contributed by atoms with van der Waals surface area (Å²) in [4.78, 5) is 15.9. The summed E-state index contributed by atoms with van der Waals surface area (Å²) < 4.78 is 50.0. The molecule has 0 radical (unpaired) electrons. The van der Waals surface area contributed by atoms with E-state index in [-0.39, 0.29) is 29.6 Å². The minimum atomic E-state index is -3.90. The number of hydrogen-bond acceptors (Lipinski definition) is 7. The number of aromatic amines is 1. The zero-order valence-electron chi connectivity index (χ0n) is 19.4. The van der Waals surface area contributed by atoms with Gasteiger partial charge in [0.2, 0.25) is 10.0 Å². The molecule has 1 saturated heterocycles. The van der Waals surface area contributed by atoms with Gasteiger partial charge >= 0.3 is 0 Å². The summed E-state index contributed by atoms with van der Waals surface area (Å²) in [6.45, 7) is 0.644. The van der Waals surface area contributed by atoms with E-state index in [1.807, 2.05) is 0 Å². The third kappa shape index (κ3) is 4.89. The van der Waals surface area contributed by atoms with E-state index in [0.717, 1.165) is 12.8 Å². The molecule has 1 aromatic heterocycles. The number of rotatable bonds is 9. The number of benzene rings is 2. The molecule has 182 valence electrons. The van der Waals surface area contributed by atoms with Crippen LogP contribution in [0.1, 0.15) is 18.4 Å². The SMILES string of the molecule is COc1ccc(S(=O)(=O)N(Cc2cc3cc(OC)c(OC)cc3[nH]c2=O)C[C@H]2CCCO2)cc1. The van der Waals surface area contributed by atoms with Crippen molar-refractivity contribution in [1.82, 2.24) is 9.29 Å². The van der Waals surface area contributed by atoms with Crippen LogP contribution < -0.4 is 19.8 Å². The lowest BCUT2D eigenvalue weighted by atomic mass is 10.1. The Bertz CT molecular complexity index is 1310. The Labute approximate surface area is 198 Å². The highest BCUT2D eigenvalue weighted by Crippen LogP contribution is 2.31. The van der Waals surface area contributed by atoms with Crippen LogP contribution in [0.3, 0.4) is 0 Å². The fourth-order valence-corrected chi connectivity index (χ4v) is 5.50. The van der Waals surface area contributed by atoms with Crippen LogP contribution in [0, 0.1) is 0 Å². The zero-order valence-corrected chi connectivity index (χ0v) is 20.2. The molecule has 2 heterocycles. The molecule has 2 aromatic carbocycles. The molecule has 1 N–H and O–H groups in total. The minimum absolute atomic E-state index is 0.103. The fraction of sp³-hybridized carbons (Fsp3) is 0.375. The average Bonchev–Trinajstić information content (AvgIpc) is 3.36. The van der Waals surface area contributed by atoms with Crippen molar-refractivity contribution in [2.24, 2.45) is 0 Å². The molecule has 1 fully saturated rings. The number of ether oxygens (including phenoxy) is 4. The maximum atomic E-state index is 13.6. The monoisotopic (exact) mass is 488 g/mol. The van der Waals surface area contributed by atoms with E-state index >= 15 is 0 Å². The van der Waals surface area contributed by atoms with Crippen LogP contribution in [0.25, 0.3) is 10.9 Å². The number of hydrogen-bond donors (Lipinski definition) is 1. The van der Waals surface area contributed by atoms with Gasteiger partial charge in [-0.3, -0.25) is 4.79 Å². The summed E-state index contributed by atoms with van der Waals surface area (Å²) in [5.74, 6) is 1.55. The van der Waals surface area contributed by atoms with Gasteiger partial charge in [-0.05, 0) is 49.2 Å². The Morgan fingerprint density at radius 3 is 2.35 bits per heavy atom. The molecule has 1 aliphatic heterocycles. The maximum absolute atomic E-state index is 13.6. The highest BCUT2D eigenvalue weighted by atomic mass is 32.2. The summed E-state index contributed by atoms with van der Waals surface area (Å²) in [5.41, 5.74) is 0.506. The Morgan fingerprint density at radius 1 is 1.03 bits per heavy atom. The molecule has 4 rings (SSSR count). The van der Waals surface area contributed by atoms with Gasteiger partial charge in [-0.15, -0.1) is 0 Å². The number of fused-ring (bicyclic) bond motifs is 1. The highest BCUT2D eigenvalue weighted by molar-refractivity contribution is 7.89. The van der Waals surface area contributed by atoms with Gasteiger partial charge in [0, 0.05) is 36.7 Å². The lowest BCUT2D eigenvalue weighted by Crippen LogP contribution is -2.38. The molecule has 9 nitrogen and oxygen atoms in total. The third-order valence-electron chi connectivity index (χ3n) is 5.90. The van der Waals surface area contributed by atoms with E-state index in [1.54, 1.807) is 30.3 Å². The molecular formula is C24H28N2O7S. The van der Waals surface area contributed by atoms with Gasteiger partial charge in [-0.2, -0.15) is 4.31 Å². The normalized spacial score (nSPS) is 16.2. The van der Waals surface area contributed by atoms with Gasteiger partial charge in [-0.1, -0.05) is 0 Å². The molecule has 0 saturated carbocycles. The quantitative estimate of drug-likeness (QED) is 0.493. The standard InChI is InChI=1S/C24H28N2O7S/c1-30-18-6-8-20(9-7-18)34(28,29)26(15-19-5-4-10-33-19)14-17-11-16-12-22(31-2)23(32-3)13-21(16)25-24(17)27/h6-9,11-13,19H,4-5,10,14-15H2,1-3H3,(H,25,27)/t19-/m1/s1. The number of nitrogens with one attached hydrogen (secondary N) is 1. The third-order valence-corrected chi connectivity index (χ3v) is 7.73. The molecule has 10 heteroatoms. The summed E-state index contributed by atoms with van der Waals surface area (Å²) >= 11 is 0. The van der Waals surface area contributed by atoms with Gasteiger partial charge < -0.3 is 23.9 Å². The number of H-pyrrole nitrogens is 1. The molecule has 0 bridgehead atoms. The summed E-state index contributed by atoms with van der Waals surface area (Å²) in [6, 6.07) is 11.3. The van der Waals surface area contributed by atoms with E-state index in [1.165, 1.54) is 37.8 Å². The van der Waals surface area contributed by atoms with Crippen LogP contribution in [0.15, 0.2) is 52.2 Å². The van der Waals surface area contributed by atoms with Crippen molar-refractivity contribution in [3.8, 4) is 17.2 Å². The van der Waals surface area contributed by atoms with Gasteiger partial charge in [0.25, 0.3) is 5.56 Å². The topological polar surface area (TPSA) is 107 Å². The van der Waals surface area contributed by atoms with Crippen molar-refractivity contribution < 1.29 is 27.4 Å². The van der Waals surface area contributed by atoms with E-state index in [2.05, 4.69) is 4.98 Å². The average molecular weight is 489 g/mol. The van der Waals surface area contributed by atoms with Crippen LogP contribution in [0.2, 0.25) is 0 Å². The smallest absolute Gasteiger partial charge is 0.252 e. The van der Waals surface area contributed by atoms with Crippen LogP contribution in [-0.4, -0.2) is 58.3 Å². The fourth-order valence-electron chi connectivity index (χ4n) is 4.05. The second kappa shape index (κ2) is 10.0. The predicted octanol–water partition coefficient (Wildman–Crippen LogP) is 2.92. The highest BCUT2D eigenvalue weighted by Gasteiger charge is 2.30. The first-order chi connectivity index (χ1) is 16.3. The minimum Gasteiger partial charge on any atom is -0.497 e. The van der Waals surface area contributed by atoms with E-state index in [0.29, 0.717) is 40.3 Å². The second-order valence-electron chi connectivity index (χ2n) is 8.03. The first kappa shape index (κ1) is 24.1. The van der Waals surface area contributed by atoms with Gasteiger partial charge in [-0.25, -0.2) is 8.42 Å². The first-order valence-electron chi connectivity index (χ1n) is 10.9. The Hall–Kier alpha value is -3.08. The van der Waals surface area contributed by atoms with Crippen molar-refractivity contribution in [2.45, 2.75) is 30.4 Å². The number of sulfonamides is 1.